The number of aliphatic carboxylic acids is 1. The average molecular weight is 198 g/mol. The molecule has 1 saturated carbocycles. The lowest BCUT2D eigenvalue weighted by atomic mass is 10.1. The first-order chi connectivity index (χ1) is 6.66. The van der Waals surface area contributed by atoms with Gasteiger partial charge in [0.25, 0.3) is 0 Å². The van der Waals surface area contributed by atoms with E-state index in [1.807, 2.05) is 0 Å². The fourth-order valence-electron chi connectivity index (χ4n) is 2.43. The summed E-state index contributed by atoms with van der Waals surface area (Å²) in [4.78, 5) is 23.5. The van der Waals surface area contributed by atoms with Crippen LogP contribution in [-0.2, 0) is 4.79 Å². The van der Waals surface area contributed by atoms with Crippen LogP contribution >= 0.6 is 0 Å². The number of hydrogen-bond donors (Lipinski definition) is 2. The summed E-state index contributed by atoms with van der Waals surface area (Å²) in [6, 6.07) is 0.133. The van der Waals surface area contributed by atoms with Crippen LogP contribution in [-0.4, -0.2) is 41.1 Å². The number of rotatable bonds is 2. The second-order valence-electron chi connectivity index (χ2n) is 4.04. The molecule has 0 radical (unpaired) electrons. The minimum Gasteiger partial charge on any atom is -0.480 e. The molecule has 5 heteroatoms. The first kappa shape index (κ1) is 9.30. The monoisotopic (exact) mass is 198 g/mol. The van der Waals surface area contributed by atoms with Gasteiger partial charge >= 0.3 is 12.0 Å². The molecule has 78 valence electrons. The molecule has 5 nitrogen and oxygen atoms in total. The molecular formula is C9H14N2O3. The maximum Gasteiger partial charge on any atom is 0.323 e. The topological polar surface area (TPSA) is 69.6 Å². The summed E-state index contributed by atoms with van der Waals surface area (Å²) in [5, 5.41) is 10.8. The summed E-state index contributed by atoms with van der Waals surface area (Å²) in [6.45, 7) is 0.517. The van der Waals surface area contributed by atoms with E-state index in [9.17, 15) is 9.59 Å². The molecule has 0 aromatic carbocycles. The summed E-state index contributed by atoms with van der Waals surface area (Å²) in [6.07, 6.45) is 3.39. The molecule has 2 atom stereocenters. The van der Waals surface area contributed by atoms with Crippen molar-refractivity contribution in [2.24, 2.45) is 5.92 Å². The molecule has 14 heavy (non-hydrogen) atoms. The lowest BCUT2D eigenvalue weighted by molar-refractivity contribution is -0.135. The van der Waals surface area contributed by atoms with Crippen LogP contribution in [0.1, 0.15) is 19.3 Å². The number of carbonyl (C=O) groups excluding carboxylic acids is 1. The third-order valence-electron chi connectivity index (χ3n) is 3.06. The Balaban J connectivity index is 1.84. The highest BCUT2D eigenvalue weighted by molar-refractivity contribution is 5.80. The molecule has 2 rings (SSSR count). The molecule has 1 aliphatic carbocycles. The fraction of sp³-hybridized carbons (Fsp3) is 0.778. The van der Waals surface area contributed by atoms with Crippen LogP contribution in [0.4, 0.5) is 4.79 Å². The molecule has 1 aliphatic heterocycles. The molecule has 2 aliphatic rings. The highest BCUT2D eigenvalue weighted by Gasteiger charge is 2.40. The van der Waals surface area contributed by atoms with Gasteiger partial charge in [-0.1, -0.05) is 0 Å². The Morgan fingerprint density at radius 3 is 2.71 bits per heavy atom. The van der Waals surface area contributed by atoms with Crippen molar-refractivity contribution < 1.29 is 14.7 Å². The third-order valence-corrected chi connectivity index (χ3v) is 3.06. The largest absolute Gasteiger partial charge is 0.480 e. The zero-order valence-corrected chi connectivity index (χ0v) is 7.90. The predicted molar refractivity (Wildman–Crippen MR) is 48.9 cm³/mol. The zero-order valence-electron chi connectivity index (χ0n) is 7.90. The Bertz CT molecular complexity index is 267. The van der Waals surface area contributed by atoms with Crippen molar-refractivity contribution in [3.63, 3.8) is 0 Å². The number of piperidine rings is 1. The number of nitrogens with one attached hydrogen (secondary N) is 1. The SMILES string of the molecule is O=C(O)CNC(=O)N1CC2CCC1C2. The summed E-state index contributed by atoms with van der Waals surface area (Å²) < 4.78 is 0. The van der Waals surface area contributed by atoms with Gasteiger partial charge in [-0.05, 0) is 25.2 Å². The number of carboxylic acid groups (broad SMARTS) is 1. The zero-order chi connectivity index (χ0) is 10.1. The minimum atomic E-state index is -0.997. The first-order valence-electron chi connectivity index (χ1n) is 4.93. The molecule has 0 aromatic heterocycles. The molecule has 1 heterocycles. The summed E-state index contributed by atoms with van der Waals surface area (Å²) >= 11 is 0. The molecule has 2 bridgehead atoms. The standard InChI is InChI=1S/C9H14N2O3/c12-8(13)4-10-9(14)11-5-6-1-2-7(11)3-6/h6-7H,1-5H2,(H,10,14)(H,12,13). The van der Waals surface area contributed by atoms with Gasteiger partial charge in [-0.3, -0.25) is 4.79 Å². The molecule has 2 unspecified atom stereocenters. The van der Waals surface area contributed by atoms with Gasteiger partial charge in [-0.25, -0.2) is 4.79 Å². The molecule has 2 N–H and O–H groups in total. The number of carbonyl (C=O) groups is 2. The number of hydrogen-bond acceptors (Lipinski definition) is 2. The van der Waals surface area contributed by atoms with Crippen molar-refractivity contribution in [3.8, 4) is 0 Å². The van der Waals surface area contributed by atoms with Gasteiger partial charge in [0.05, 0.1) is 0 Å². The first-order valence-corrected chi connectivity index (χ1v) is 4.93. The van der Waals surface area contributed by atoms with Gasteiger partial charge in [0.2, 0.25) is 0 Å². The van der Waals surface area contributed by atoms with Gasteiger partial charge in [0, 0.05) is 12.6 Å². The Morgan fingerprint density at radius 1 is 1.43 bits per heavy atom. The molecule has 1 saturated heterocycles. The molecular weight excluding hydrogens is 184 g/mol. The van der Waals surface area contributed by atoms with E-state index >= 15 is 0 Å². The van der Waals surface area contributed by atoms with Crippen molar-refractivity contribution in [2.75, 3.05) is 13.1 Å². The van der Waals surface area contributed by atoms with Crippen molar-refractivity contribution >= 4 is 12.0 Å². The molecule has 0 spiro atoms. The van der Waals surface area contributed by atoms with E-state index in [1.54, 1.807) is 4.90 Å². The normalized spacial score (nSPS) is 29.3. The number of urea groups is 1. The summed E-state index contributed by atoms with van der Waals surface area (Å²) in [7, 11) is 0. The van der Waals surface area contributed by atoms with E-state index in [2.05, 4.69) is 5.32 Å². The van der Waals surface area contributed by atoms with Crippen molar-refractivity contribution in [1.82, 2.24) is 10.2 Å². The number of likely N-dealkylation sites (tertiary alicyclic amines) is 1. The quantitative estimate of drug-likeness (QED) is 0.669. The van der Waals surface area contributed by atoms with Crippen LogP contribution in [0.25, 0.3) is 0 Å². The van der Waals surface area contributed by atoms with Gasteiger partial charge in [-0.2, -0.15) is 0 Å². The fourth-order valence-corrected chi connectivity index (χ4v) is 2.43. The van der Waals surface area contributed by atoms with Gasteiger partial charge in [-0.15, -0.1) is 0 Å². The number of fused-ring (bicyclic) bond motifs is 2. The number of nitrogens with zero attached hydrogens (tertiary/aromatic N) is 1. The predicted octanol–water partition coefficient (Wildman–Crippen LogP) is 0.265. The van der Waals surface area contributed by atoms with Crippen LogP contribution in [0.2, 0.25) is 0 Å². The van der Waals surface area contributed by atoms with Crippen LogP contribution in [0.3, 0.4) is 0 Å². The van der Waals surface area contributed by atoms with E-state index in [0.29, 0.717) is 12.0 Å². The van der Waals surface area contributed by atoms with E-state index in [-0.39, 0.29) is 12.6 Å². The second kappa shape index (κ2) is 3.48. The van der Waals surface area contributed by atoms with Gasteiger partial charge < -0.3 is 15.3 Å². The van der Waals surface area contributed by atoms with Crippen LogP contribution in [0.15, 0.2) is 0 Å². The van der Waals surface area contributed by atoms with E-state index < -0.39 is 5.97 Å². The summed E-state index contributed by atoms with van der Waals surface area (Å²) in [5.74, 6) is -0.349. The third kappa shape index (κ3) is 1.66. The van der Waals surface area contributed by atoms with Crippen LogP contribution in [0.5, 0.6) is 0 Å². The van der Waals surface area contributed by atoms with E-state index in [1.165, 1.54) is 6.42 Å². The Morgan fingerprint density at radius 2 is 2.21 bits per heavy atom. The average Bonchev–Trinajstić information content (AvgIpc) is 2.74. The number of carboxylic acids is 1. The smallest absolute Gasteiger partial charge is 0.323 e. The van der Waals surface area contributed by atoms with Crippen LogP contribution < -0.4 is 5.32 Å². The molecule has 2 fully saturated rings. The lowest BCUT2D eigenvalue weighted by Crippen LogP contribution is -2.45. The maximum atomic E-state index is 11.5. The Hall–Kier alpha value is -1.26. The molecule has 2 amide bonds. The minimum absolute atomic E-state index is 0.223. The highest BCUT2D eigenvalue weighted by atomic mass is 16.4. The van der Waals surface area contributed by atoms with Crippen molar-refractivity contribution in [3.05, 3.63) is 0 Å². The van der Waals surface area contributed by atoms with Crippen LogP contribution in [0, 0.1) is 5.92 Å². The van der Waals surface area contributed by atoms with Gasteiger partial charge in [0.15, 0.2) is 0 Å². The van der Waals surface area contributed by atoms with Crippen molar-refractivity contribution in [2.45, 2.75) is 25.3 Å². The highest BCUT2D eigenvalue weighted by Crippen LogP contribution is 2.37. The Labute approximate surface area is 82.1 Å². The van der Waals surface area contributed by atoms with Gasteiger partial charge in [0.1, 0.15) is 6.54 Å². The maximum absolute atomic E-state index is 11.5. The molecule has 0 aromatic rings. The van der Waals surface area contributed by atoms with Crippen molar-refractivity contribution in [1.29, 1.82) is 0 Å². The second-order valence-corrected chi connectivity index (χ2v) is 4.04. The van der Waals surface area contributed by atoms with E-state index in [0.717, 1.165) is 19.4 Å². The number of amides is 2. The lowest BCUT2D eigenvalue weighted by Gasteiger charge is -2.26. The van der Waals surface area contributed by atoms with E-state index in [4.69, 9.17) is 5.11 Å². The summed E-state index contributed by atoms with van der Waals surface area (Å²) in [5.41, 5.74) is 0. The Kier molecular flexibility index (Phi) is 2.31.